The molecule has 0 radical (unpaired) electrons. The molecule has 8 nitrogen and oxygen atoms in total. The molecule has 124 valence electrons. The van der Waals surface area contributed by atoms with Crippen LogP contribution in [0.25, 0.3) is 6.08 Å². The van der Waals surface area contributed by atoms with Crippen molar-refractivity contribution in [2.75, 3.05) is 6.79 Å². The third-order valence-electron chi connectivity index (χ3n) is 3.65. The number of non-ortho nitro benzene ring substituents is 1. The molecule has 0 amide bonds. The van der Waals surface area contributed by atoms with Gasteiger partial charge in [0.1, 0.15) is 0 Å². The van der Waals surface area contributed by atoms with Gasteiger partial charge < -0.3 is 14.2 Å². The van der Waals surface area contributed by atoms with Gasteiger partial charge in [0.15, 0.2) is 17.2 Å². The van der Waals surface area contributed by atoms with Crippen LogP contribution in [0.3, 0.4) is 0 Å². The number of hydrogen-bond acceptors (Lipinski definition) is 7. The molecule has 0 unspecified atom stereocenters. The van der Waals surface area contributed by atoms with E-state index in [2.05, 4.69) is 4.99 Å². The molecule has 0 fully saturated rings. The van der Waals surface area contributed by atoms with Crippen LogP contribution in [0.15, 0.2) is 53.2 Å². The van der Waals surface area contributed by atoms with Gasteiger partial charge in [0.05, 0.1) is 4.92 Å². The monoisotopic (exact) mass is 338 g/mol. The maximum absolute atomic E-state index is 12.0. The predicted molar refractivity (Wildman–Crippen MR) is 86.3 cm³/mol. The van der Waals surface area contributed by atoms with Crippen LogP contribution in [0, 0.1) is 10.1 Å². The van der Waals surface area contributed by atoms with Crippen LogP contribution in [-0.2, 0) is 9.53 Å². The minimum absolute atomic E-state index is 0.0271. The maximum Gasteiger partial charge on any atom is 0.363 e. The first-order valence-electron chi connectivity index (χ1n) is 7.27. The van der Waals surface area contributed by atoms with Gasteiger partial charge in [0.25, 0.3) is 5.69 Å². The van der Waals surface area contributed by atoms with Gasteiger partial charge in [0.2, 0.25) is 12.7 Å². The van der Waals surface area contributed by atoms with Crippen LogP contribution >= 0.6 is 0 Å². The number of ether oxygens (including phenoxy) is 3. The highest BCUT2D eigenvalue weighted by molar-refractivity contribution is 6.13. The molecule has 0 spiro atoms. The molecule has 0 bridgehead atoms. The molecule has 0 N–H and O–H groups in total. The first kappa shape index (κ1) is 14.9. The summed E-state index contributed by atoms with van der Waals surface area (Å²) in [5.41, 5.74) is 1.28. The molecule has 0 atom stereocenters. The maximum atomic E-state index is 12.0. The lowest BCUT2D eigenvalue weighted by molar-refractivity contribution is -0.384. The predicted octanol–water partition coefficient (Wildman–Crippen LogP) is 2.67. The van der Waals surface area contributed by atoms with Gasteiger partial charge in [0, 0.05) is 17.7 Å². The smallest absolute Gasteiger partial charge is 0.363 e. The number of rotatable bonds is 3. The highest BCUT2D eigenvalue weighted by Crippen LogP contribution is 2.33. The molecule has 0 aliphatic carbocycles. The zero-order chi connectivity index (χ0) is 17.4. The summed E-state index contributed by atoms with van der Waals surface area (Å²) in [5, 5.41) is 10.7. The third kappa shape index (κ3) is 2.80. The molecule has 2 aromatic carbocycles. The van der Waals surface area contributed by atoms with E-state index in [-0.39, 0.29) is 24.1 Å². The fourth-order valence-corrected chi connectivity index (χ4v) is 2.41. The Labute approximate surface area is 141 Å². The van der Waals surface area contributed by atoms with Crippen molar-refractivity contribution in [3.05, 3.63) is 69.4 Å². The topological polar surface area (TPSA) is 100 Å². The molecule has 2 heterocycles. The number of nitro benzene ring substituents is 1. The van der Waals surface area contributed by atoms with Gasteiger partial charge in [-0.25, -0.2) is 9.79 Å². The first-order chi connectivity index (χ1) is 12.1. The van der Waals surface area contributed by atoms with E-state index in [9.17, 15) is 14.9 Å². The molecular weight excluding hydrogens is 328 g/mol. The van der Waals surface area contributed by atoms with Crippen molar-refractivity contribution in [3.63, 3.8) is 0 Å². The van der Waals surface area contributed by atoms with Crippen molar-refractivity contribution in [2.24, 2.45) is 4.99 Å². The van der Waals surface area contributed by atoms with Crippen LogP contribution in [0.2, 0.25) is 0 Å². The molecule has 4 rings (SSSR count). The van der Waals surface area contributed by atoms with Crippen molar-refractivity contribution >= 4 is 23.6 Å². The largest absolute Gasteiger partial charge is 0.454 e. The minimum Gasteiger partial charge on any atom is -0.454 e. The number of nitro groups is 1. The number of cyclic esters (lactones) is 1. The Hall–Kier alpha value is -3.68. The normalized spacial score (nSPS) is 16.7. The summed E-state index contributed by atoms with van der Waals surface area (Å²) in [6, 6.07) is 10.9. The lowest BCUT2D eigenvalue weighted by Crippen LogP contribution is -2.05. The average molecular weight is 338 g/mol. The lowest BCUT2D eigenvalue weighted by Gasteiger charge is -2.01. The summed E-state index contributed by atoms with van der Waals surface area (Å²) in [5.74, 6) is 0.752. The van der Waals surface area contributed by atoms with Crippen LogP contribution in [0.5, 0.6) is 11.5 Å². The van der Waals surface area contributed by atoms with Crippen molar-refractivity contribution in [3.8, 4) is 11.5 Å². The molecule has 8 heteroatoms. The number of carbonyl (C=O) groups excluding carboxylic acids is 1. The summed E-state index contributed by atoms with van der Waals surface area (Å²) < 4.78 is 15.7. The van der Waals surface area contributed by atoms with Gasteiger partial charge in [-0.1, -0.05) is 0 Å². The van der Waals surface area contributed by atoms with Gasteiger partial charge >= 0.3 is 5.97 Å². The van der Waals surface area contributed by atoms with Crippen molar-refractivity contribution in [1.82, 2.24) is 0 Å². The van der Waals surface area contributed by atoms with Crippen molar-refractivity contribution in [1.29, 1.82) is 0 Å². The highest BCUT2D eigenvalue weighted by atomic mass is 16.7. The molecule has 0 aromatic heterocycles. The van der Waals surface area contributed by atoms with Crippen LogP contribution in [0.1, 0.15) is 11.1 Å². The van der Waals surface area contributed by atoms with Crippen LogP contribution < -0.4 is 9.47 Å². The molecular formula is C17H10N2O6. The summed E-state index contributed by atoms with van der Waals surface area (Å²) in [4.78, 5) is 26.4. The number of nitrogens with zero attached hydrogens (tertiary/aromatic N) is 2. The summed E-state index contributed by atoms with van der Waals surface area (Å²) in [6.07, 6.45) is 1.51. The first-order valence-corrected chi connectivity index (χ1v) is 7.27. The van der Waals surface area contributed by atoms with Crippen LogP contribution in [-0.4, -0.2) is 23.6 Å². The number of fused-ring (bicyclic) bond motifs is 1. The van der Waals surface area contributed by atoms with E-state index in [1.54, 1.807) is 18.2 Å². The fourth-order valence-electron chi connectivity index (χ4n) is 2.41. The Morgan fingerprint density at radius 2 is 1.84 bits per heavy atom. The molecule has 0 saturated carbocycles. The van der Waals surface area contributed by atoms with E-state index < -0.39 is 10.9 Å². The number of esters is 1. The molecule has 2 aliphatic rings. The average Bonchev–Trinajstić information content (AvgIpc) is 3.21. The Morgan fingerprint density at radius 1 is 1.08 bits per heavy atom. The number of carbonyl (C=O) groups is 1. The van der Waals surface area contributed by atoms with Crippen molar-refractivity contribution < 1.29 is 23.9 Å². The van der Waals surface area contributed by atoms with E-state index >= 15 is 0 Å². The summed E-state index contributed by atoms with van der Waals surface area (Å²) in [7, 11) is 0. The number of hydrogen-bond donors (Lipinski definition) is 0. The van der Waals surface area contributed by atoms with E-state index in [1.807, 2.05) is 0 Å². The molecule has 2 aliphatic heterocycles. The third-order valence-corrected chi connectivity index (χ3v) is 3.65. The number of aliphatic imine (C=N–C) groups is 1. The lowest BCUT2D eigenvalue weighted by atomic mass is 10.2. The van der Waals surface area contributed by atoms with E-state index in [0.717, 1.165) is 0 Å². The summed E-state index contributed by atoms with van der Waals surface area (Å²) >= 11 is 0. The molecule has 0 saturated heterocycles. The van der Waals surface area contributed by atoms with E-state index in [0.29, 0.717) is 22.6 Å². The Kier molecular flexibility index (Phi) is 3.42. The Balaban J connectivity index is 1.62. The minimum atomic E-state index is -0.592. The Morgan fingerprint density at radius 3 is 2.60 bits per heavy atom. The fraction of sp³-hybridized carbons (Fsp3) is 0.0588. The van der Waals surface area contributed by atoms with Gasteiger partial charge in [-0.3, -0.25) is 10.1 Å². The van der Waals surface area contributed by atoms with Gasteiger partial charge in [-0.2, -0.15) is 0 Å². The SMILES string of the molecule is O=C1OC(c2ccc3c(c2)OCO3)=N/C1=C/c1ccc([N+](=O)[O-])cc1. The molecule has 25 heavy (non-hydrogen) atoms. The Bertz CT molecular complexity index is 946. The zero-order valence-corrected chi connectivity index (χ0v) is 12.7. The van der Waals surface area contributed by atoms with Crippen LogP contribution in [0.4, 0.5) is 5.69 Å². The second-order valence-electron chi connectivity index (χ2n) is 5.25. The standard InChI is InChI=1S/C17H10N2O6/c20-17-13(7-10-1-4-12(5-2-10)19(21)22)18-16(25-17)11-3-6-14-15(8-11)24-9-23-14/h1-8H,9H2/b13-7+. The zero-order valence-electron chi connectivity index (χ0n) is 12.7. The van der Waals surface area contributed by atoms with Gasteiger partial charge in [-0.05, 0) is 42.0 Å². The second-order valence-corrected chi connectivity index (χ2v) is 5.25. The van der Waals surface area contributed by atoms with Gasteiger partial charge in [-0.15, -0.1) is 0 Å². The van der Waals surface area contributed by atoms with E-state index in [4.69, 9.17) is 14.2 Å². The summed E-state index contributed by atoms with van der Waals surface area (Å²) in [6.45, 7) is 0.149. The number of benzene rings is 2. The highest BCUT2D eigenvalue weighted by Gasteiger charge is 2.25. The van der Waals surface area contributed by atoms with Crippen molar-refractivity contribution in [2.45, 2.75) is 0 Å². The quantitative estimate of drug-likeness (QED) is 0.369. The molecule has 2 aromatic rings. The van der Waals surface area contributed by atoms with E-state index in [1.165, 1.54) is 30.3 Å². The second kappa shape index (κ2) is 5.75.